The molecule has 26 heavy (non-hydrogen) atoms. The van der Waals surface area contributed by atoms with E-state index in [9.17, 15) is 13.2 Å². The van der Waals surface area contributed by atoms with Crippen molar-refractivity contribution in [3.63, 3.8) is 0 Å². The molecule has 0 atom stereocenters. The summed E-state index contributed by atoms with van der Waals surface area (Å²) in [6.45, 7) is 4.01. The molecule has 0 spiro atoms. The molecule has 1 heterocycles. The number of benzene rings is 2. The fourth-order valence-corrected chi connectivity index (χ4v) is 4.80. The summed E-state index contributed by atoms with van der Waals surface area (Å²) in [7, 11) is -3.96. The summed E-state index contributed by atoms with van der Waals surface area (Å²) in [4.78, 5) is 15.3. The van der Waals surface area contributed by atoms with E-state index in [0.717, 1.165) is 10.8 Å². The third-order valence-corrected chi connectivity index (χ3v) is 6.16. The zero-order chi connectivity index (χ0) is 18.9. The number of hydrogen-bond donors (Lipinski definition) is 2. The van der Waals surface area contributed by atoms with Gasteiger partial charge in [-0.05, 0) is 49.7 Å². The van der Waals surface area contributed by atoms with E-state index in [1.165, 1.54) is 23.5 Å². The highest BCUT2D eigenvalue weighted by atomic mass is 32.2. The Balaban J connectivity index is 1.96. The van der Waals surface area contributed by atoms with Gasteiger partial charge in [0.2, 0.25) is 0 Å². The lowest BCUT2D eigenvalue weighted by molar-refractivity contribution is 0.0696. The van der Waals surface area contributed by atoms with Crippen molar-refractivity contribution >= 4 is 42.7 Å². The van der Waals surface area contributed by atoms with E-state index in [1.807, 2.05) is 6.92 Å². The molecule has 0 unspecified atom stereocenters. The molecule has 0 bridgehead atoms. The molecule has 0 aliphatic rings. The summed E-state index contributed by atoms with van der Waals surface area (Å²) >= 11 is 1.18. The van der Waals surface area contributed by atoms with Crippen molar-refractivity contribution in [3.8, 4) is 5.75 Å². The van der Waals surface area contributed by atoms with Crippen LogP contribution < -0.4 is 9.46 Å². The van der Waals surface area contributed by atoms with E-state index in [1.54, 1.807) is 25.1 Å². The number of carbonyl (C=O) groups is 1. The first-order chi connectivity index (χ1) is 12.3. The Bertz CT molecular complexity index is 1090. The molecule has 7 nitrogen and oxygen atoms in total. The smallest absolute Gasteiger partial charge is 0.335 e. The summed E-state index contributed by atoms with van der Waals surface area (Å²) < 4.78 is 34.0. The predicted octanol–water partition coefficient (Wildman–Crippen LogP) is 3.50. The molecule has 9 heteroatoms. The first-order valence-electron chi connectivity index (χ1n) is 7.70. The topological polar surface area (TPSA) is 106 Å². The molecule has 3 rings (SSSR count). The van der Waals surface area contributed by atoms with Crippen LogP contribution in [0.3, 0.4) is 0 Å². The van der Waals surface area contributed by atoms with Crippen LogP contribution in [0.15, 0.2) is 41.3 Å². The third-order valence-electron chi connectivity index (χ3n) is 3.62. The third kappa shape index (κ3) is 3.63. The minimum absolute atomic E-state index is 0.0911. The molecule has 0 aliphatic carbocycles. The molecular formula is C17H16N2O5S2. The zero-order valence-corrected chi connectivity index (χ0v) is 15.6. The standard InChI is InChI=1S/C17H16N2O5S2/c1-3-24-12-6-7-13-14(9-12)25-17(18-13)19-26(22,23)15-8-11(16(20)21)5-4-10(15)2/h4-9H,3H2,1-2H3,(H,18,19)(H,20,21). The van der Waals surface area contributed by atoms with Gasteiger partial charge >= 0.3 is 5.97 Å². The van der Waals surface area contributed by atoms with Gasteiger partial charge in [0.1, 0.15) is 5.75 Å². The largest absolute Gasteiger partial charge is 0.494 e. The Kier molecular flexibility index (Phi) is 4.84. The monoisotopic (exact) mass is 392 g/mol. The van der Waals surface area contributed by atoms with Gasteiger partial charge in [0.05, 0.1) is 27.3 Å². The first kappa shape index (κ1) is 18.2. The highest BCUT2D eigenvalue weighted by Gasteiger charge is 2.21. The van der Waals surface area contributed by atoms with Gasteiger partial charge in [-0.3, -0.25) is 4.72 Å². The van der Waals surface area contributed by atoms with E-state index in [0.29, 0.717) is 23.4 Å². The number of fused-ring (bicyclic) bond motifs is 1. The molecule has 2 N–H and O–H groups in total. The van der Waals surface area contributed by atoms with Crippen molar-refractivity contribution in [2.24, 2.45) is 0 Å². The van der Waals surface area contributed by atoms with Gasteiger partial charge in [-0.25, -0.2) is 18.2 Å². The zero-order valence-electron chi connectivity index (χ0n) is 14.0. The number of aryl methyl sites for hydroxylation is 1. The number of anilines is 1. The molecule has 0 radical (unpaired) electrons. The Morgan fingerprint density at radius 3 is 2.73 bits per heavy atom. The molecule has 136 valence electrons. The quantitative estimate of drug-likeness (QED) is 0.665. The summed E-state index contributed by atoms with van der Waals surface area (Å²) in [6.07, 6.45) is 0. The number of sulfonamides is 1. The minimum Gasteiger partial charge on any atom is -0.494 e. The van der Waals surface area contributed by atoms with Crippen LogP contribution in [0.2, 0.25) is 0 Å². The van der Waals surface area contributed by atoms with Gasteiger partial charge in [0.15, 0.2) is 5.13 Å². The highest BCUT2D eigenvalue weighted by Crippen LogP contribution is 2.31. The maximum absolute atomic E-state index is 12.7. The lowest BCUT2D eigenvalue weighted by Gasteiger charge is -2.09. The molecule has 1 aromatic heterocycles. The Morgan fingerprint density at radius 1 is 1.27 bits per heavy atom. The van der Waals surface area contributed by atoms with Gasteiger partial charge in [0.25, 0.3) is 10.0 Å². The van der Waals surface area contributed by atoms with E-state index in [2.05, 4.69) is 9.71 Å². The van der Waals surface area contributed by atoms with Crippen molar-refractivity contribution in [2.75, 3.05) is 11.3 Å². The van der Waals surface area contributed by atoms with E-state index in [-0.39, 0.29) is 15.6 Å². The van der Waals surface area contributed by atoms with Crippen molar-refractivity contribution < 1.29 is 23.1 Å². The van der Waals surface area contributed by atoms with Crippen LogP contribution in [0.5, 0.6) is 5.75 Å². The molecule has 0 fully saturated rings. The maximum atomic E-state index is 12.7. The lowest BCUT2D eigenvalue weighted by atomic mass is 10.1. The lowest BCUT2D eigenvalue weighted by Crippen LogP contribution is -2.15. The number of aromatic carboxylic acids is 1. The van der Waals surface area contributed by atoms with Gasteiger partial charge in [-0.15, -0.1) is 0 Å². The van der Waals surface area contributed by atoms with Crippen LogP contribution in [0.25, 0.3) is 10.2 Å². The number of nitrogens with zero attached hydrogens (tertiary/aromatic N) is 1. The SMILES string of the molecule is CCOc1ccc2nc(NS(=O)(=O)c3cc(C(=O)O)ccc3C)sc2c1. The molecule has 2 aromatic carbocycles. The van der Waals surface area contributed by atoms with Gasteiger partial charge < -0.3 is 9.84 Å². The predicted molar refractivity (Wildman–Crippen MR) is 99.7 cm³/mol. The molecular weight excluding hydrogens is 376 g/mol. The Morgan fingerprint density at radius 2 is 2.04 bits per heavy atom. The van der Waals surface area contributed by atoms with E-state index < -0.39 is 16.0 Å². The molecule has 3 aromatic rings. The van der Waals surface area contributed by atoms with Crippen molar-refractivity contribution in [1.82, 2.24) is 4.98 Å². The summed E-state index contributed by atoms with van der Waals surface area (Å²) in [5.41, 5.74) is 0.996. The van der Waals surface area contributed by atoms with Crippen LogP contribution in [0.4, 0.5) is 5.13 Å². The van der Waals surface area contributed by atoms with Crippen LogP contribution in [-0.2, 0) is 10.0 Å². The minimum atomic E-state index is -3.96. The van der Waals surface area contributed by atoms with Crippen molar-refractivity contribution in [3.05, 3.63) is 47.5 Å². The number of carboxylic acids is 1. The summed E-state index contributed by atoms with van der Waals surface area (Å²) in [6, 6.07) is 9.29. The normalized spacial score (nSPS) is 11.5. The van der Waals surface area contributed by atoms with Crippen LogP contribution in [0, 0.1) is 6.92 Å². The highest BCUT2D eigenvalue weighted by molar-refractivity contribution is 7.93. The molecule has 0 saturated heterocycles. The van der Waals surface area contributed by atoms with E-state index >= 15 is 0 Å². The summed E-state index contributed by atoms with van der Waals surface area (Å²) in [5.74, 6) is -0.507. The molecule has 0 amide bonds. The Hall–Kier alpha value is -2.65. The second-order valence-electron chi connectivity index (χ2n) is 5.47. The fraction of sp³-hybridized carbons (Fsp3) is 0.176. The second-order valence-corrected chi connectivity index (χ2v) is 8.15. The number of ether oxygens (including phenoxy) is 1. The fourth-order valence-electron chi connectivity index (χ4n) is 2.40. The second kappa shape index (κ2) is 6.93. The van der Waals surface area contributed by atoms with Gasteiger partial charge in [-0.1, -0.05) is 17.4 Å². The van der Waals surface area contributed by atoms with Crippen molar-refractivity contribution in [2.45, 2.75) is 18.7 Å². The van der Waals surface area contributed by atoms with Gasteiger partial charge in [0, 0.05) is 0 Å². The van der Waals surface area contributed by atoms with Crippen LogP contribution in [0.1, 0.15) is 22.8 Å². The number of carboxylic acid groups (broad SMARTS) is 1. The molecule has 0 aliphatic heterocycles. The number of thiazole rings is 1. The van der Waals surface area contributed by atoms with Crippen LogP contribution in [-0.4, -0.2) is 31.1 Å². The number of rotatable bonds is 6. The van der Waals surface area contributed by atoms with Crippen LogP contribution >= 0.6 is 11.3 Å². The summed E-state index contributed by atoms with van der Waals surface area (Å²) in [5, 5.41) is 9.29. The van der Waals surface area contributed by atoms with Gasteiger partial charge in [-0.2, -0.15) is 0 Å². The average molecular weight is 392 g/mol. The maximum Gasteiger partial charge on any atom is 0.335 e. The molecule has 0 saturated carbocycles. The number of nitrogens with one attached hydrogen (secondary N) is 1. The van der Waals surface area contributed by atoms with E-state index in [4.69, 9.17) is 9.84 Å². The Labute approximate surface area is 154 Å². The average Bonchev–Trinajstić information content (AvgIpc) is 2.95. The van der Waals surface area contributed by atoms with Crippen molar-refractivity contribution in [1.29, 1.82) is 0 Å². The number of hydrogen-bond acceptors (Lipinski definition) is 6. The first-order valence-corrected chi connectivity index (χ1v) is 10.0. The number of aromatic nitrogens is 1.